The third-order valence-electron chi connectivity index (χ3n) is 5.38. The number of thioether (sulfide) groups is 1. The Labute approximate surface area is 181 Å². The van der Waals surface area contributed by atoms with Gasteiger partial charge in [0, 0.05) is 12.2 Å². The second-order valence-electron chi connectivity index (χ2n) is 7.79. The summed E-state index contributed by atoms with van der Waals surface area (Å²) in [4.78, 5) is 14.4. The summed E-state index contributed by atoms with van der Waals surface area (Å²) in [6.45, 7) is 2.70. The molecule has 1 amide bonds. The first kappa shape index (κ1) is 22.5. The molecule has 0 bridgehead atoms. The van der Waals surface area contributed by atoms with Crippen LogP contribution in [0.15, 0.2) is 41.1 Å². The predicted molar refractivity (Wildman–Crippen MR) is 118 cm³/mol. The van der Waals surface area contributed by atoms with Gasteiger partial charge < -0.3 is 5.32 Å². The van der Waals surface area contributed by atoms with E-state index in [4.69, 9.17) is 0 Å². The average Bonchev–Trinajstić information content (AvgIpc) is 3.16. The van der Waals surface area contributed by atoms with Crippen LogP contribution in [0.4, 0.5) is 4.39 Å². The van der Waals surface area contributed by atoms with E-state index in [1.54, 1.807) is 12.1 Å². The largest absolute Gasteiger partial charge is 0.355 e. The maximum atomic E-state index is 13.4. The molecule has 2 aromatic rings. The van der Waals surface area contributed by atoms with E-state index in [9.17, 15) is 9.18 Å². The van der Waals surface area contributed by atoms with E-state index in [0.29, 0.717) is 11.7 Å². The lowest BCUT2D eigenvalue weighted by Crippen LogP contribution is -2.26. The van der Waals surface area contributed by atoms with Crippen LogP contribution in [0.5, 0.6) is 0 Å². The van der Waals surface area contributed by atoms with Crippen molar-refractivity contribution in [2.75, 3.05) is 26.4 Å². The minimum atomic E-state index is -0.296. The maximum Gasteiger partial charge on any atom is 0.230 e. The molecule has 0 radical (unpaired) electrons. The molecule has 0 saturated carbocycles. The monoisotopic (exact) mass is 431 g/mol. The average molecular weight is 432 g/mol. The summed E-state index contributed by atoms with van der Waals surface area (Å²) in [6.07, 6.45) is 8.07. The van der Waals surface area contributed by atoms with Crippen LogP contribution in [0.3, 0.4) is 0 Å². The molecule has 1 N–H and O–H groups in total. The molecule has 1 aliphatic carbocycles. The predicted octanol–water partition coefficient (Wildman–Crippen LogP) is 4.13. The van der Waals surface area contributed by atoms with Gasteiger partial charge in [-0.15, -0.1) is 10.2 Å². The van der Waals surface area contributed by atoms with Crippen molar-refractivity contribution < 1.29 is 9.18 Å². The highest BCUT2D eigenvalue weighted by Crippen LogP contribution is 2.27. The van der Waals surface area contributed by atoms with Crippen molar-refractivity contribution in [3.63, 3.8) is 0 Å². The maximum absolute atomic E-state index is 13.4. The molecule has 1 aliphatic rings. The number of nitrogens with zero attached hydrogens (tertiary/aromatic N) is 4. The summed E-state index contributed by atoms with van der Waals surface area (Å²) in [5, 5.41) is 12.3. The van der Waals surface area contributed by atoms with Crippen LogP contribution in [-0.2, 0) is 4.79 Å². The molecule has 0 saturated heterocycles. The third-order valence-corrected chi connectivity index (χ3v) is 6.31. The Hall–Kier alpha value is -2.19. The number of benzene rings is 1. The number of hydrogen-bond donors (Lipinski definition) is 1. The number of carbonyl (C=O) groups is 1. The molecule has 1 unspecified atom stereocenters. The van der Waals surface area contributed by atoms with E-state index in [2.05, 4.69) is 21.6 Å². The van der Waals surface area contributed by atoms with Gasteiger partial charge >= 0.3 is 0 Å². The molecule has 1 aromatic heterocycles. The zero-order valence-corrected chi connectivity index (χ0v) is 18.7. The van der Waals surface area contributed by atoms with E-state index < -0.39 is 0 Å². The fourth-order valence-corrected chi connectivity index (χ4v) is 4.17. The molecule has 6 nitrogen and oxygen atoms in total. The van der Waals surface area contributed by atoms with Crippen molar-refractivity contribution in [3.8, 4) is 5.69 Å². The van der Waals surface area contributed by atoms with Crippen molar-refractivity contribution in [1.29, 1.82) is 0 Å². The van der Waals surface area contributed by atoms with Gasteiger partial charge in [0.15, 0.2) is 11.0 Å². The van der Waals surface area contributed by atoms with Crippen molar-refractivity contribution >= 4 is 17.7 Å². The van der Waals surface area contributed by atoms with Crippen molar-refractivity contribution in [1.82, 2.24) is 25.0 Å². The number of halogens is 1. The molecule has 162 valence electrons. The van der Waals surface area contributed by atoms with E-state index in [-0.39, 0.29) is 23.5 Å². The summed E-state index contributed by atoms with van der Waals surface area (Å²) >= 11 is 1.34. The standard InChI is InChI=1S/C22H30FN5OS/c1-16(27(2)3)21-25-26-22(28(21)19-11-9-18(23)10-12-19)30-15-20(29)24-14-13-17-7-5-4-6-8-17/h7,9-12,16H,4-6,8,13-15H2,1-3H3,(H,24,29). The topological polar surface area (TPSA) is 63.1 Å². The molecule has 1 atom stereocenters. The fourth-order valence-electron chi connectivity index (χ4n) is 3.38. The molecular weight excluding hydrogens is 401 g/mol. The Morgan fingerprint density at radius 2 is 2.03 bits per heavy atom. The van der Waals surface area contributed by atoms with Crippen LogP contribution in [0.25, 0.3) is 5.69 Å². The Bertz CT molecular complexity index is 878. The van der Waals surface area contributed by atoms with Gasteiger partial charge in [-0.1, -0.05) is 23.4 Å². The summed E-state index contributed by atoms with van der Waals surface area (Å²) in [5.41, 5.74) is 2.23. The lowest BCUT2D eigenvalue weighted by atomic mass is 9.97. The quantitative estimate of drug-likeness (QED) is 0.478. The van der Waals surface area contributed by atoms with Gasteiger partial charge in [0.2, 0.25) is 5.91 Å². The molecule has 1 heterocycles. The first-order chi connectivity index (χ1) is 14.5. The lowest BCUT2D eigenvalue weighted by molar-refractivity contribution is -0.118. The number of carbonyl (C=O) groups excluding carboxylic acids is 1. The number of nitrogens with one attached hydrogen (secondary N) is 1. The van der Waals surface area contributed by atoms with Crippen molar-refractivity contribution in [2.24, 2.45) is 0 Å². The van der Waals surface area contributed by atoms with Crippen LogP contribution < -0.4 is 5.32 Å². The highest BCUT2D eigenvalue weighted by atomic mass is 32.2. The summed E-state index contributed by atoms with van der Waals surface area (Å²) in [6, 6.07) is 6.25. The number of allylic oxidation sites excluding steroid dienone is 1. The van der Waals surface area contributed by atoms with E-state index >= 15 is 0 Å². The summed E-state index contributed by atoms with van der Waals surface area (Å²) in [7, 11) is 3.94. The van der Waals surface area contributed by atoms with Gasteiger partial charge in [-0.3, -0.25) is 14.3 Å². The second-order valence-corrected chi connectivity index (χ2v) is 8.73. The number of rotatable bonds is 9. The zero-order chi connectivity index (χ0) is 21.5. The SMILES string of the molecule is CC(c1nnc(SCC(=O)NCCC2=CCCCC2)n1-c1ccc(F)cc1)N(C)C. The van der Waals surface area contributed by atoms with Crippen LogP contribution in [0, 0.1) is 5.82 Å². The Morgan fingerprint density at radius 1 is 1.27 bits per heavy atom. The zero-order valence-electron chi connectivity index (χ0n) is 17.9. The Kier molecular flexibility index (Phi) is 8.04. The highest BCUT2D eigenvalue weighted by Gasteiger charge is 2.21. The molecule has 0 aliphatic heterocycles. The molecular formula is C22H30FN5OS. The molecule has 3 rings (SSSR count). The van der Waals surface area contributed by atoms with Gasteiger partial charge in [0.1, 0.15) is 5.82 Å². The smallest absolute Gasteiger partial charge is 0.230 e. The molecule has 30 heavy (non-hydrogen) atoms. The molecule has 0 spiro atoms. The van der Waals surface area contributed by atoms with Gasteiger partial charge in [-0.05, 0) is 77.4 Å². The van der Waals surface area contributed by atoms with Crippen LogP contribution in [0.1, 0.15) is 50.9 Å². The Morgan fingerprint density at radius 3 is 2.70 bits per heavy atom. The number of aromatic nitrogens is 3. The number of amides is 1. The van der Waals surface area contributed by atoms with Gasteiger partial charge in [0.05, 0.1) is 11.8 Å². The van der Waals surface area contributed by atoms with Gasteiger partial charge in [-0.25, -0.2) is 4.39 Å². The van der Waals surface area contributed by atoms with E-state index in [1.165, 1.54) is 42.3 Å². The van der Waals surface area contributed by atoms with Crippen molar-refractivity contribution in [3.05, 3.63) is 47.6 Å². The van der Waals surface area contributed by atoms with Gasteiger partial charge in [-0.2, -0.15) is 0 Å². The molecule has 0 fully saturated rings. The summed E-state index contributed by atoms with van der Waals surface area (Å²) in [5.74, 6) is 0.691. The van der Waals surface area contributed by atoms with Crippen LogP contribution >= 0.6 is 11.8 Å². The van der Waals surface area contributed by atoms with E-state index in [0.717, 1.165) is 30.8 Å². The normalized spacial score (nSPS) is 15.2. The van der Waals surface area contributed by atoms with Crippen LogP contribution in [0.2, 0.25) is 0 Å². The van der Waals surface area contributed by atoms with Gasteiger partial charge in [0.25, 0.3) is 0 Å². The first-order valence-electron chi connectivity index (χ1n) is 10.4. The van der Waals surface area contributed by atoms with Crippen LogP contribution in [-0.4, -0.2) is 52.0 Å². The third kappa shape index (κ3) is 5.92. The minimum Gasteiger partial charge on any atom is -0.355 e. The summed E-state index contributed by atoms with van der Waals surface area (Å²) < 4.78 is 15.3. The number of hydrogen-bond acceptors (Lipinski definition) is 5. The first-order valence-corrected chi connectivity index (χ1v) is 11.4. The Balaban J connectivity index is 1.65. The van der Waals surface area contributed by atoms with Crippen molar-refractivity contribution in [2.45, 2.75) is 50.2 Å². The molecule has 1 aromatic carbocycles. The fraction of sp³-hybridized carbons (Fsp3) is 0.500. The second kappa shape index (κ2) is 10.7. The molecule has 8 heteroatoms. The van der Waals surface area contributed by atoms with E-state index in [1.807, 2.05) is 30.5 Å². The highest BCUT2D eigenvalue weighted by molar-refractivity contribution is 7.99. The minimum absolute atomic E-state index is 0.00879. The lowest BCUT2D eigenvalue weighted by Gasteiger charge is -2.20.